The van der Waals surface area contributed by atoms with E-state index < -0.39 is 0 Å². The second-order valence-corrected chi connectivity index (χ2v) is 4.09. The highest BCUT2D eigenvalue weighted by atomic mass is 14.8. The van der Waals surface area contributed by atoms with Gasteiger partial charge in [0.25, 0.3) is 0 Å². The summed E-state index contributed by atoms with van der Waals surface area (Å²) in [6, 6.07) is 12.2. The summed E-state index contributed by atoms with van der Waals surface area (Å²) < 4.78 is 0. The first kappa shape index (κ1) is 8.70. The average molecular weight is 219 g/mol. The summed E-state index contributed by atoms with van der Waals surface area (Å²) in [5, 5.41) is 2.36. The molecule has 0 aliphatic carbocycles. The van der Waals surface area contributed by atoms with Gasteiger partial charge < -0.3 is 4.98 Å². The fourth-order valence-electron chi connectivity index (χ4n) is 2.34. The normalized spacial score (nSPS) is 11.5. The molecule has 3 nitrogen and oxygen atoms in total. The van der Waals surface area contributed by atoms with Crippen molar-refractivity contribution in [3.63, 3.8) is 0 Å². The van der Waals surface area contributed by atoms with Gasteiger partial charge in [0.2, 0.25) is 0 Å². The zero-order valence-electron chi connectivity index (χ0n) is 9.01. The van der Waals surface area contributed by atoms with Crippen molar-refractivity contribution in [1.82, 2.24) is 15.0 Å². The number of hydrogen-bond donors (Lipinski definition) is 1. The number of benzene rings is 1. The lowest BCUT2D eigenvalue weighted by Gasteiger charge is -1.97. The second-order valence-electron chi connectivity index (χ2n) is 4.09. The summed E-state index contributed by atoms with van der Waals surface area (Å²) in [5.41, 5.74) is 4.06. The summed E-state index contributed by atoms with van der Waals surface area (Å²) in [5.74, 6) is 0. The van der Waals surface area contributed by atoms with Gasteiger partial charge in [0, 0.05) is 22.5 Å². The molecule has 0 spiro atoms. The molecule has 3 heterocycles. The van der Waals surface area contributed by atoms with Crippen LogP contribution in [0, 0.1) is 0 Å². The van der Waals surface area contributed by atoms with Crippen LogP contribution in [-0.2, 0) is 0 Å². The standard InChI is InChI=1S/C14H9N3/c1-2-5-10-9(4-1)13-12(17-10)8-16-11-6-3-7-15-14(11)13/h1-8,17H. The highest BCUT2D eigenvalue weighted by Crippen LogP contribution is 2.29. The number of hydrogen-bond acceptors (Lipinski definition) is 2. The SMILES string of the molecule is c1cnc2c(c1)ncc1[nH]c3ccccc3c12. The van der Waals surface area contributed by atoms with Crippen molar-refractivity contribution in [1.29, 1.82) is 0 Å². The molecular formula is C14H9N3. The number of aromatic nitrogens is 3. The van der Waals surface area contributed by atoms with Gasteiger partial charge in [-0.15, -0.1) is 0 Å². The van der Waals surface area contributed by atoms with E-state index in [-0.39, 0.29) is 0 Å². The average Bonchev–Trinajstić information content (AvgIpc) is 2.77. The summed E-state index contributed by atoms with van der Waals surface area (Å²) >= 11 is 0. The van der Waals surface area contributed by atoms with Crippen LogP contribution in [0.4, 0.5) is 0 Å². The van der Waals surface area contributed by atoms with Crippen LogP contribution in [0.5, 0.6) is 0 Å². The molecule has 80 valence electrons. The first-order valence-corrected chi connectivity index (χ1v) is 5.53. The van der Waals surface area contributed by atoms with Crippen LogP contribution in [0.2, 0.25) is 0 Å². The van der Waals surface area contributed by atoms with Gasteiger partial charge in [-0.25, -0.2) is 0 Å². The van der Waals surface area contributed by atoms with Crippen LogP contribution in [0.3, 0.4) is 0 Å². The zero-order chi connectivity index (χ0) is 11.2. The fourth-order valence-corrected chi connectivity index (χ4v) is 2.34. The Kier molecular flexibility index (Phi) is 1.56. The second kappa shape index (κ2) is 3.04. The quantitative estimate of drug-likeness (QED) is 0.493. The molecule has 4 rings (SSSR count). The van der Waals surface area contributed by atoms with E-state index >= 15 is 0 Å². The molecule has 0 fully saturated rings. The Labute approximate surface area is 97.1 Å². The Morgan fingerprint density at radius 2 is 1.82 bits per heavy atom. The molecule has 0 saturated carbocycles. The predicted molar refractivity (Wildman–Crippen MR) is 68.9 cm³/mol. The Morgan fingerprint density at radius 3 is 2.82 bits per heavy atom. The van der Waals surface area contributed by atoms with Gasteiger partial charge in [-0.2, -0.15) is 0 Å². The maximum absolute atomic E-state index is 4.45. The maximum Gasteiger partial charge on any atom is 0.0986 e. The topological polar surface area (TPSA) is 41.6 Å². The third-order valence-electron chi connectivity index (χ3n) is 3.09. The number of rotatable bonds is 0. The van der Waals surface area contributed by atoms with Gasteiger partial charge in [-0.05, 0) is 18.2 Å². The van der Waals surface area contributed by atoms with Gasteiger partial charge in [0.1, 0.15) is 0 Å². The lowest BCUT2D eigenvalue weighted by molar-refractivity contribution is 1.35. The van der Waals surface area contributed by atoms with E-state index in [1.54, 1.807) is 0 Å². The minimum atomic E-state index is 0.935. The van der Waals surface area contributed by atoms with Crippen LogP contribution in [0.25, 0.3) is 32.8 Å². The molecule has 0 aliphatic heterocycles. The first-order chi connectivity index (χ1) is 8.43. The molecule has 0 amide bonds. The number of aromatic amines is 1. The molecule has 0 radical (unpaired) electrons. The highest BCUT2D eigenvalue weighted by molar-refractivity contribution is 6.17. The molecule has 1 aromatic carbocycles. The number of para-hydroxylation sites is 1. The van der Waals surface area contributed by atoms with Crippen molar-refractivity contribution >= 4 is 32.8 Å². The molecule has 0 unspecified atom stereocenters. The molecule has 0 aliphatic rings. The third-order valence-corrected chi connectivity index (χ3v) is 3.09. The number of H-pyrrole nitrogens is 1. The summed E-state index contributed by atoms with van der Waals surface area (Å²) in [7, 11) is 0. The predicted octanol–water partition coefficient (Wildman–Crippen LogP) is 3.26. The summed E-state index contributed by atoms with van der Waals surface area (Å²) in [4.78, 5) is 12.2. The first-order valence-electron chi connectivity index (χ1n) is 5.53. The molecule has 17 heavy (non-hydrogen) atoms. The monoisotopic (exact) mass is 219 g/mol. The largest absolute Gasteiger partial charge is 0.353 e. The Hall–Kier alpha value is -2.42. The van der Waals surface area contributed by atoms with E-state index in [9.17, 15) is 0 Å². The van der Waals surface area contributed by atoms with Crippen LogP contribution >= 0.6 is 0 Å². The van der Waals surface area contributed by atoms with E-state index in [1.165, 1.54) is 5.39 Å². The van der Waals surface area contributed by atoms with Gasteiger partial charge in [0.15, 0.2) is 0 Å². The molecular weight excluding hydrogens is 210 g/mol. The number of nitrogens with one attached hydrogen (secondary N) is 1. The Balaban J connectivity index is 2.38. The van der Waals surface area contributed by atoms with Crippen molar-refractivity contribution < 1.29 is 0 Å². The fraction of sp³-hybridized carbons (Fsp3) is 0. The lowest BCUT2D eigenvalue weighted by Crippen LogP contribution is -1.82. The number of fused-ring (bicyclic) bond motifs is 5. The van der Waals surface area contributed by atoms with Gasteiger partial charge in [0.05, 0.1) is 22.7 Å². The molecule has 3 aromatic heterocycles. The molecule has 0 saturated heterocycles. The molecule has 1 N–H and O–H groups in total. The molecule has 0 bridgehead atoms. The van der Waals surface area contributed by atoms with E-state index in [0.29, 0.717) is 0 Å². The highest BCUT2D eigenvalue weighted by Gasteiger charge is 2.08. The van der Waals surface area contributed by atoms with E-state index in [1.807, 2.05) is 36.7 Å². The summed E-state index contributed by atoms with van der Waals surface area (Å²) in [6.45, 7) is 0. The molecule has 4 aromatic rings. The van der Waals surface area contributed by atoms with Gasteiger partial charge in [-0.3, -0.25) is 9.97 Å². The Morgan fingerprint density at radius 1 is 0.882 bits per heavy atom. The minimum Gasteiger partial charge on any atom is -0.353 e. The number of nitrogens with zero attached hydrogens (tertiary/aromatic N) is 2. The van der Waals surface area contributed by atoms with Crippen molar-refractivity contribution in [2.24, 2.45) is 0 Å². The van der Waals surface area contributed by atoms with Crippen molar-refractivity contribution in [2.45, 2.75) is 0 Å². The van der Waals surface area contributed by atoms with E-state index in [0.717, 1.165) is 27.5 Å². The van der Waals surface area contributed by atoms with Crippen molar-refractivity contribution in [3.05, 3.63) is 48.8 Å². The minimum absolute atomic E-state index is 0.935. The summed E-state index contributed by atoms with van der Waals surface area (Å²) in [6.07, 6.45) is 3.69. The smallest absolute Gasteiger partial charge is 0.0986 e. The van der Waals surface area contributed by atoms with Crippen molar-refractivity contribution in [2.75, 3.05) is 0 Å². The van der Waals surface area contributed by atoms with Crippen LogP contribution in [0.15, 0.2) is 48.8 Å². The molecule has 3 heteroatoms. The van der Waals surface area contributed by atoms with Crippen LogP contribution in [-0.4, -0.2) is 15.0 Å². The Bertz CT molecular complexity index is 840. The molecule has 0 atom stereocenters. The number of pyridine rings is 2. The van der Waals surface area contributed by atoms with Gasteiger partial charge >= 0.3 is 0 Å². The lowest BCUT2D eigenvalue weighted by atomic mass is 10.1. The zero-order valence-corrected chi connectivity index (χ0v) is 9.01. The van der Waals surface area contributed by atoms with Crippen LogP contribution < -0.4 is 0 Å². The van der Waals surface area contributed by atoms with E-state index in [2.05, 4.69) is 27.1 Å². The van der Waals surface area contributed by atoms with E-state index in [4.69, 9.17) is 0 Å². The maximum atomic E-state index is 4.45. The van der Waals surface area contributed by atoms with Crippen LogP contribution in [0.1, 0.15) is 0 Å². The third kappa shape index (κ3) is 1.11. The van der Waals surface area contributed by atoms with Gasteiger partial charge in [-0.1, -0.05) is 18.2 Å². The van der Waals surface area contributed by atoms with Crippen molar-refractivity contribution in [3.8, 4) is 0 Å².